The number of nitrogens with zero attached hydrogens (tertiary/aromatic N) is 6. The molecule has 9 heteroatoms. The van der Waals surface area contributed by atoms with Gasteiger partial charge >= 0.3 is 6.01 Å². The predicted octanol–water partition coefficient (Wildman–Crippen LogP) is 2.25. The van der Waals surface area contributed by atoms with Crippen molar-refractivity contribution in [3.63, 3.8) is 0 Å². The molecule has 0 aromatic carbocycles. The SMILES string of the molecule is COc1ncc(-c2cnc3c(NCCc4cccnc4)nccn23)c(OC)n1. The van der Waals surface area contributed by atoms with Crippen LogP contribution < -0.4 is 14.8 Å². The molecule has 0 radical (unpaired) electrons. The molecule has 0 spiro atoms. The Morgan fingerprint density at radius 2 is 1.96 bits per heavy atom. The highest BCUT2D eigenvalue weighted by Gasteiger charge is 2.16. The van der Waals surface area contributed by atoms with Crippen molar-refractivity contribution in [2.45, 2.75) is 6.42 Å². The molecule has 0 fully saturated rings. The van der Waals surface area contributed by atoms with E-state index in [0.717, 1.165) is 24.2 Å². The molecule has 0 aliphatic carbocycles. The third-order valence-corrected chi connectivity index (χ3v) is 4.24. The Hall–Kier alpha value is -3.75. The van der Waals surface area contributed by atoms with E-state index in [2.05, 4.69) is 30.2 Å². The van der Waals surface area contributed by atoms with E-state index in [1.807, 2.05) is 28.9 Å². The molecule has 142 valence electrons. The Kier molecular flexibility index (Phi) is 4.96. The van der Waals surface area contributed by atoms with Gasteiger partial charge in [-0.3, -0.25) is 9.38 Å². The summed E-state index contributed by atoms with van der Waals surface area (Å²) in [6, 6.07) is 4.22. The van der Waals surface area contributed by atoms with Crippen LogP contribution in [0.3, 0.4) is 0 Å². The second-order valence-electron chi connectivity index (χ2n) is 5.93. The van der Waals surface area contributed by atoms with Gasteiger partial charge in [0.2, 0.25) is 5.88 Å². The number of anilines is 1. The number of pyridine rings is 1. The zero-order valence-electron chi connectivity index (χ0n) is 15.5. The fraction of sp³-hybridized carbons (Fsp3) is 0.211. The van der Waals surface area contributed by atoms with Gasteiger partial charge in [-0.25, -0.2) is 15.0 Å². The molecule has 4 aromatic heterocycles. The minimum atomic E-state index is 0.244. The maximum atomic E-state index is 5.40. The molecular weight excluding hydrogens is 358 g/mol. The fourth-order valence-electron chi connectivity index (χ4n) is 2.90. The Morgan fingerprint density at radius 1 is 1.04 bits per heavy atom. The van der Waals surface area contributed by atoms with E-state index in [4.69, 9.17) is 9.47 Å². The average molecular weight is 377 g/mol. The summed E-state index contributed by atoms with van der Waals surface area (Å²) in [7, 11) is 3.07. The van der Waals surface area contributed by atoms with Crippen LogP contribution >= 0.6 is 0 Å². The van der Waals surface area contributed by atoms with E-state index in [9.17, 15) is 0 Å². The van der Waals surface area contributed by atoms with Crippen LogP contribution in [0, 0.1) is 0 Å². The highest BCUT2D eigenvalue weighted by atomic mass is 16.5. The van der Waals surface area contributed by atoms with Crippen LogP contribution in [0.2, 0.25) is 0 Å². The smallest absolute Gasteiger partial charge is 0.319 e. The van der Waals surface area contributed by atoms with Crippen LogP contribution in [-0.2, 0) is 6.42 Å². The van der Waals surface area contributed by atoms with E-state index in [-0.39, 0.29) is 6.01 Å². The van der Waals surface area contributed by atoms with E-state index < -0.39 is 0 Å². The predicted molar refractivity (Wildman–Crippen MR) is 104 cm³/mol. The molecule has 0 aliphatic rings. The van der Waals surface area contributed by atoms with E-state index in [1.165, 1.54) is 7.11 Å². The van der Waals surface area contributed by atoms with Crippen LogP contribution in [0.5, 0.6) is 11.9 Å². The standard InChI is InChI=1S/C19H19N7O2/c1-27-18-14(11-24-19(25-18)28-2)15-12-23-17-16(22-8-9-26(15)17)21-7-5-13-4-3-6-20-10-13/h3-4,6,8-12H,5,7H2,1-2H3,(H,21,22). The molecule has 0 saturated heterocycles. The fourth-order valence-corrected chi connectivity index (χ4v) is 2.90. The summed E-state index contributed by atoms with van der Waals surface area (Å²) in [6.45, 7) is 0.718. The maximum Gasteiger partial charge on any atom is 0.319 e. The van der Waals surface area contributed by atoms with Gasteiger partial charge in [-0.1, -0.05) is 6.07 Å². The summed E-state index contributed by atoms with van der Waals surface area (Å²) < 4.78 is 12.4. The normalized spacial score (nSPS) is 10.8. The first kappa shape index (κ1) is 17.7. The quantitative estimate of drug-likeness (QED) is 0.523. The number of aromatic nitrogens is 6. The molecule has 0 unspecified atom stereocenters. The average Bonchev–Trinajstić information content (AvgIpc) is 3.19. The minimum absolute atomic E-state index is 0.244. The molecule has 1 N–H and O–H groups in total. The summed E-state index contributed by atoms with van der Waals surface area (Å²) >= 11 is 0. The molecular formula is C19H19N7O2. The van der Waals surface area contributed by atoms with Crippen molar-refractivity contribution in [1.82, 2.24) is 29.3 Å². The zero-order chi connectivity index (χ0) is 19.3. The second kappa shape index (κ2) is 7.87. The number of rotatable bonds is 7. The van der Waals surface area contributed by atoms with Gasteiger partial charge in [0.25, 0.3) is 0 Å². The Balaban J connectivity index is 1.62. The van der Waals surface area contributed by atoms with Crippen molar-refractivity contribution in [1.29, 1.82) is 0 Å². The largest absolute Gasteiger partial charge is 0.480 e. The summed E-state index contributed by atoms with van der Waals surface area (Å²) in [5.41, 5.74) is 3.38. The van der Waals surface area contributed by atoms with Crippen LogP contribution in [0.1, 0.15) is 5.56 Å². The van der Waals surface area contributed by atoms with Crippen LogP contribution in [-0.4, -0.2) is 50.1 Å². The van der Waals surface area contributed by atoms with Crippen LogP contribution in [0.4, 0.5) is 5.82 Å². The van der Waals surface area contributed by atoms with Gasteiger partial charge < -0.3 is 14.8 Å². The van der Waals surface area contributed by atoms with E-state index in [0.29, 0.717) is 22.9 Å². The van der Waals surface area contributed by atoms with Crippen molar-refractivity contribution in [2.75, 3.05) is 26.1 Å². The summed E-state index contributed by atoms with van der Waals surface area (Å²) in [6.07, 6.45) is 11.4. The van der Waals surface area contributed by atoms with Gasteiger partial charge in [-0.15, -0.1) is 0 Å². The lowest BCUT2D eigenvalue weighted by atomic mass is 10.2. The van der Waals surface area contributed by atoms with Crippen molar-refractivity contribution in [3.8, 4) is 23.1 Å². The number of imidazole rings is 1. The Labute approximate surface area is 161 Å². The molecule has 4 rings (SSSR count). The molecule has 4 heterocycles. The topological polar surface area (TPSA) is 99.4 Å². The van der Waals surface area contributed by atoms with Crippen LogP contribution in [0.15, 0.2) is 49.3 Å². The van der Waals surface area contributed by atoms with E-state index in [1.54, 1.807) is 31.9 Å². The number of nitrogens with one attached hydrogen (secondary N) is 1. The van der Waals surface area contributed by atoms with E-state index >= 15 is 0 Å². The maximum absolute atomic E-state index is 5.40. The zero-order valence-corrected chi connectivity index (χ0v) is 15.5. The highest BCUT2D eigenvalue weighted by molar-refractivity contribution is 5.72. The molecule has 28 heavy (non-hydrogen) atoms. The summed E-state index contributed by atoms with van der Waals surface area (Å²) in [5, 5.41) is 3.34. The monoisotopic (exact) mass is 377 g/mol. The number of ether oxygens (including phenoxy) is 2. The summed E-state index contributed by atoms with van der Waals surface area (Å²) in [4.78, 5) is 21.5. The number of methoxy groups -OCH3 is 2. The molecule has 4 aromatic rings. The minimum Gasteiger partial charge on any atom is -0.480 e. The lowest BCUT2D eigenvalue weighted by molar-refractivity contribution is 0.353. The van der Waals surface area contributed by atoms with Crippen molar-refractivity contribution in [2.24, 2.45) is 0 Å². The first-order chi connectivity index (χ1) is 13.8. The third-order valence-electron chi connectivity index (χ3n) is 4.24. The first-order valence-electron chi connectivity index (χ1n) is 8.70. The number of fused-ring (bicyclic) bond motifs is 1. The Bertz CT molecular complexity index is 1080. The molecule has 0 saturated carbocycles. The lowest BCUT2D eigenvalue weighted by Crippen LogP contribution is -2.08. The van der Waals surface area contributed by atoms with Crippen molar-refractivity contribution in [3.05, 3.63) is 54.9 Å². The van der Waals surface area contributed by atoms with Crippen LogP contribution in [0.25, 0.3) is 16.9 Å². The van der Waals surface area contributed by atoms with Crippen molar-refractivity contribution >= 4 is 11.5 Å². The van der Waals surface area contributed by atoms with Crippen molar-refractivity contribution < 1.29 is 9.47 Å². The molecule has 0 aliphatic heterocycles. The van der Waals surface area contributed by atoms with Gasteiger partial charge in [0.05, 0.1) is 31.7 Å². The summed E-state index contributed by atoms with van der Waals surface area (Å²) in [5.74, 6) is 1.11. The first-order valence-corrected chi connectivity index (χ1v) is 8.70. The van der Waals surface area contributed by atoms with Gasteiger partial charge in [0, 0.05) is 37.5 Å². The molecule has 0 amide bonds. The van der Waals surface area contributed by atoms with Gasteiger partial charge in [-0.2, -0.15) is 4.98 Å². The molecule has 9 nitrogen and oxygen atoms in total. The molecule has 0 bridgehead atoms. The second-order valence-corrected chi connectivity index (χ2v) is 5.93. The van der Waals surface area contributed by atoms with Gasteiger partial charge in [0.15, 0.2) is 11.5 Å². The number of hydrogen-bond donors (Lipinski definition) is 1. The van der Waals surface area contributed by atoms with Gasteiger partial charge in [-0.05, 0) is 18.1 Å². The third kappa shape index (κ3) is 3.41. The van der Waals surface area contributed by atoms with Gasteiger partial charge in [0.1, 0.15) is 0 Å². The Morgan fingerprint density at radius 3 is 2.75 bits per heavy atom. The highest BCUT2D eigenvalue weighted by Crippen LogP contribution is 2.30. The molecule has 0 atom stereocenters. The lowest BCUT2D eigenvalue weighted by Gasteiger charge is -2.09. The number of hydrogen-bond acceptors (Lipinski definition) is 8.